The normalized spacial score (nSPS) is 19.9. The molecule has 0 radical (unpaired) electrons. The van der Waals surface area contributed by atoms with Gasteiger partial charge in [0.15, 0.2) is 5.78 Å². The number of rotatable bonds is 3. The highest BCUT2D eigenvalue weighted by atomic mass is 79.9. The van der Waals surface area contributed by atoms with Gasteiger partial charge in [0.25, 0.3) is 0 Å². The number of allylic oxidation sites excluding steroid dienone is 1. The fraction of sp³-hybridized carbons (Fsp3) is 0.192. The van der Waals surface area contributed by atoms with E-state index >= 15 is 0 Å². The largest absolute Gasteiger partial charge is 0.496 e. The minimum absolute atomic E-state index is 0.00997. The van der Waals surface area contributed by atoms with Crippen LogP contribution >= 0.6 is 15.9 Å². The summed E-state index contributed by atoms with van der Waals surface area (Å²) in [5.74, 6) is 0.540. The molecule has 0 bridgehead atoms. The molecule has 2 aliphatic rings. The first-order valence-corrected chi connectivity index (χ1v) is 11.3. The Morgan fingerprint density at radius 1 is 1.00 bits per heavy atom. The molecule has 2 atom stereocenters. The molecule has 0 saturated heterocycles. The SMILES string of the molecule is COc1ccccc1C1CC(=O)C2=C(C1)Nc1ccccc1NC2c1ccc(F)c(Br)c1. The van der Waals surface area contributed by atoms with Gasteiger partial charge in [-0.15, -0.1) is 0 Å². The van der Waals surface area contributed by atoms with E-state index in [9.17, 15) is 9.18 Å². The summed E-state index contributed by atoms with van der Waals surface area (Å²) in [6.45, 7) is 0. The van der Waals surface area contributed by atoms with E-state index in [0.717, 1.165) is 33.9 Å². The zero-order valence-electron chi connectivity index (χ0n) is 17.5. The molecule has 2 unspecified atom stereocenters. The van der Waals surface area contributed by atoms with Crippen LogP contribution in [-0.4, -0.2) is 12.9 Å². The van der Waals surface area contributed by atoms with E-state index in [1.54, 1.807) is 19.2 Å². The number of anilines is 2. The number of carbonyl (C=O) groups excluding carboxylic acids is 1. The summed E-state index contributed by atoms with van der Waals surface area (Å²) in [6, 6.07) is 20.3. The third kappa shape index (κ3) is 3.69. The van der Waals surface area contributed by atoms with Crippen LogP contribution < -0.4 is 15.4 Å². The molecular formula is C26H22BrFN2O2. The molecule has 0 saturated carbocycles. The summed E-state index contributed by atoms with van der Waals surface area (Å²) >= 11 is 3.29. The second-order valence-corrected chi connectivity index (χ2v) is 8.94. The van der Waals surface area contributed by atoms with E-state index in [1.165, 1.54) is 6.07 Å². The zero-order valence-corrected chi connectivity index (χ0v) is 19.1. The van der Waals surface area contributed by atoms with Crippen molar-refractivity contribution < 1.29 is 13.9 Å². The van der Waals surface area contributed by atoms with Gasteiger partial charge in [-0.1, -0.05) is 36.4 Å². The molecule has 1 heterocycles. The number of nitrogens with one attached hydrogen (secondary N) is 2. The van der Waals surface area contributed by atoms with Crippen LogP contribution in [0.25, 0.3) is 0 Å². The van der Waals surface area contributed by atoms with Gasteiger partial charge < -0.3 is 15.4 Å². The lowest BCUT2D eigenvalue weighted by Crippen LogP contribution is -2.27. The standard InChI is InChI=1S/C26H22BrFN2O2/c1-32-24-9-5-2-6-17(24)16-13-22-25(23(31)14-16)26(15-10-11-19(28)18(27)12-15)30-21-8-4-3-7-20(21)29-22/h2-12,16,26,29-30H,13-14H2,1H3. The van der Waals surface area contributed by atoms with Gasteiger partial charge in [-0.2, -0.15) is 0 Å². The second-order valence-electron chi connectivity index (χ2n) is 8.08. The average molecular weight is 493 g/mol. The van der Waals surface area contributed by atoms with Crippen molar-refractivity contribution in [3.05, 3.63) is 99.4 Å². The molecule has 162 valence electrons. The van der Waals surface area contributed by atoms with Crippen molar-refractivity contribution in [3.8, 4) is 5.75 Å². The molecule has 6 heteroatoms. The Labute approximate surface area is 194 Å². The van der Waals surface area contributed by atoms with Gasteiger partial charge in [0.05, 0.1) is 29.0 Å². The van der Waals surface area contributed by atoms with Crippen molar-refractivity contribution in [2.24, 2.45) is 0 Å². The number of fused-ring (bicyclic) bond motifs is 1. The summed E-state index contributed by atoms with van der Waals surface area (Å²) in [5, 5.41) is 7.04. The van der Waals surface area contributed by atoms with Crippen LogP contribution in [-0.2, 0) is 4.79 Å². The first-order valence-electron chi connectivity index (χ1n) is 10.5. The summed E-state index contributed by atoms with van der Waals surface area (Å²) in [7, 11) is 1.65. The number of ketones is 1. The lowest BCUT2D eigenvalue weighted by molar-refractivity contribution is -0.116. The number of benzene rings is 3. The number of Topliss-reactive ketones (excluding diaryl/α,β-unsaturated/α-hetero) is 1. The molecule has 2 N–H and O–H groups in total. The molecule has 3 aromatic rings. The van der Waals surface area contributed by atoms with E-state index in [1.807, 2.05) is 48.5 Å². The Morgan fingerprint density at radius 3 is 2.53 bits per heavy atom. The van der Waals surface area contributed by atoms with E-state index < -0.39 is 0 Å². The maximum absolute atomic E-state index is 13.9. The van der Waals surface area contributed by atoms with Crippen molar-refractivity contribution in [2.75, 3.05) is 17.7 Å². The van der Waals surface area contributed by atoms with Crippen LogP contribution in [0.15, 0.2) is 82.5 Å². The molecule has 0 aromatic heterocycles. The molecule has 4 nitrogen and oxygen atoms in total. The third-order valence-electron chi connectivity index (χ3n) is 6.16. The van der Waals surface area contributed by atoms with Gasteiger partial charge in [-0.3, -0.25) is 4.79 Å². The topological polar surface area (TPSA) is 50.4 Å². The number of para-hydroxylation sites is 3. The van der Waals surface area contributed by atoms with Gasteiger partial charge in [0, 0.05) is 23.6 Å². The van der Waals surface area contributed by atoms with E-state index in [-0.39, 0.29) is 23.6 Å². The fourth-order valence-corrected chi connectivity index (χ4v) is 5.05. The first kappa shape index (κ1) is 20.8. The van der Waals surface area contributed by atoms with Crippen LogP contribution in [0.5, 0.6) is 5.75 Å². The van der Waals surface area contributed by atoms with Crippen molar-refractivity contribution in [2.45, 2.75) is 24.8 Å². The summed E-state index contributed by atoms with van der Waals surface area (Å²) in [4.78, 5) is 13.6. The Hall–Kier alpha value is -3.12. The molecular weight excluding hydrogens is 471 g/mol. The van der Waals surface area contributed by atoms with Crippen molar-refractivity contribution in [3.63, 3.8) is 0 Å². The summed E-state index contributed by atoms with van der Waals surface area (Å²) in [6.07, 6.45) is 1.06. The van der Waals surface area contributed by atoms with Gasteiger partial charge >= 0.3 is 0 Å². The van der Waals surface area contributed by atoms with Crippen LogP contribution in [0, 0.1) is 5.82 Å². The van der Waals surface area contributed by atoms with Gasteiger partial charge in [0.1, 0.15) is 11.6 Å². The molecule has 5 rings (SSSR count). The number of hydrogen-bond acceptors (Lipinski definition) is 4. The van der Waals surface area contributed by atoms with Crippen molar-refractivity contribution in [1.82, 2.24) is 0 Å². The van der Waals surface area contributed by atoms with E-state index in [0.29, 0.717) is 22.9 Å². The Balaban J connectivity index is 1.62. The number of ether oxygens (including phenoxy) is 1. The molecule has 1 aliphatic heterocycles. The van der Waals surface area contributed by atoms with Crippen molar-refractivity contribution in [1.29, 1.82) is 0 Å². The summed E-state index contributed by atoms with van der Waals surface area (Å²) in [5.41, 5.74) is 5.26. The average Bonchev–Trinajstić information content (AvgIpc) is 2.97. The van der Waals surface area contributed by atoms with Crippen LogP contribution in [0.4, 0.5) is 15.8 Å². The third-order valence-corrected chi connectivity index (χ3v) is 6.77. The lowest BCUT2D eigenvalue weighted by Gasteiger charge is -2.30. The molecule has 0 amide bonds. The monoisotopic (exact) mass is 492 g/mol. The predicted octanol–water partition coefficient (Wildman–Crippen LogP) is 6.58. The Morgan fingerprint density at radius 2 is 1.75 bits per heavy atom. The van der Waals surface area contributed by atoms with E-state index in [4.69, 9.17) is 4.74 Å². The molecule has 0 spiro atoms. The Kier molecular flexibility index (Phi) is 5.47. The van der Waals surface area contributed by atoms with Gasteiger partial charge in [0.2, 0.25) is 0 Å². The molecule has 1 aliphatic carbocycles. The number of halogens is 2. The van der Waals surface area contributed by atoms with Crippen molar-refractivity contribution >= 4 is 33.1 Å². The molecule has 0 fully saturated rings. The zero-order chi connectivity index (χ0) is 22.2. The highest BCUT2D eigenvalue weighted by molar-refractivity contribution is 9.10. The first-order chi connectivity index (χ1) is 15.5. The van der Waals surface area contributed by atoms with Crippen LogP contribution in [0.1, 0.15) is 35.9 Å². The predicted molar refractivity (Wildman–Crippen MR) is 128 cm³/mol. The lowest BCUT2D eigenvalue weighted by atomic mass is 9.78. The van der Waals surface area contributed by atoms with Crippen LogP contribution in [0.2, 0.25) is 0 Å². The maximum atomic E-state index is 13.9. The van der Waals surface area contributed by atoms with Gasteiger partial charge in [-0.25, -0.2) is 4.39 Å². The highest BCUT2D eigenvalue weighted by Gasteiger charge is 2.36. The smallest absolute Gasteiger partial charge is 0.163 e. The quantitative estimate of drug-likeness (QED) is 0.433. The van der Waals surface area contributed by atoms with E-state index in [2.05, 4.69) is 26.6 Å². The number of carbonyl (C=O) groups is 1. The van der Waals surface area contributed by atoms with Crippen LogP contribution in [0.3, 0.4) is 0 Å². The fourth-order valence-electron chi connectivity index (χ4n) is 4.66. The highest BCUT2D eigenvalue weighted by Crippen LogP contribution is 2.45. The molecule has 3 aromatic carbocycles. The molecule has 32 heavy (non-hydrogen) atoms. The number of methoxy groups -OCH3 is 1. The minimum atomic E-state index is -0.385. The second kappa shape index (κ2) is 8.43. The van der Waals surface area contributed by atoms with Gasteiger partial charge in [-0.05, 0) is 63.8 Å². The summed E-state index contributed by atoms with van der Waals surface area (Å²) < 4.78 is 19.9. The number of hydrogen-bond donors (Lipinski definition) is 2. The minimum Gasteiger partial charge on any atom is -0.496 e. The maximum Gasteiger partial charge on any atom is 0.163 e. The Bertz CT molecular complexity index is 1240.